The number of carbonyl (C=O) groups excluding carboxylic acids is 6. The summed E-state index contributed by atoms with van der Waals surface area (Å²) in [4.78, 5) is 78.0. The van der Waals surface area contributed by atoms with E-state index in [1.807, 2.05) is 12.1 Å². The highest BCUT2D eigenvalue weighted by Crippen LogP contribution is 2.34. The van der Waals surface area contributed by atoms with E-state index in [0.717, 1.165) is 25.0 Å². The van der Waals surface area contributed by atoms with Crippen LogP contribution in [-0.2, 0) is 32.0 Å². The minimum atomic E-state index is -1.65. The Morgan fingerprint density at radius 1 is 0.500 bits per heavy atom. The zero-order valence-electron chi connectivity index (χ0n) is 33.7. The molecule has 0 aliphatic rings. The van der Waals surface area contributed by atoms with Crippen LogP contribution in [0.5, 0.6) is 0 Å². The molecule has 2 unspecified atom stereocenters. The van der Waals surface area contributed by atoms with Crippen LogP contribution in [-0.4, -0.2) is 59.0 Å². The summed E-state index contributed by atoms with van der Waals surface area (Å²) in [6, 6.07) is 21.8. The van der Waals surface area contributed by atoms with Crippen LogP contribution in [0.4, 0.5) is 34.1 Å². The number of Topliss-reactive ketones (excluding diaryl/α,β-unsaturated/α-hetero) is 2. The molecule has 0 saturated carbocycles. The second kappa shape index (κ2) is 23.3. The number of ketones is 2. The fourth-order valence-electron chi connectivity index (χ4n) is 5.75. The van der Waals surface area contributed by atoms with Crippen LogP contribution >= 0.6 is 69.6 Å². The maximum Gasteiger partial charge on any atom is 0.258 e. The SMILES string of the molecule is CC(=O)C(N=Nc1ccc(Cl)c(C(=O)Nc2cccc(CCCl)c2)c1)C(=O)Nc1cc(Cl)c(NC(=O)C(N=Nc2ccc(Cl)c(C(=O)Nc3cccc(CCCl)c3)c2)C(C)=O)cc1Cl. The Kier molecular flexibility index (Phi) is 17.9. The van der Waals surface area contributed by atoms with E-state index >= 15 is 0 Å². The van der Waals surface area contributed by atoms with Gasteiger partial charge in [0.05, 0.1) is 54.0 Å². The summed E-state index contributed by atoms with van der Waals surface area (Å²) in [5.41, 5.74) is 3.17. The standard InChI is InChI=1S/C44H36Cl6N8O6/c1-23(59)39(57-55-29-9-11-33(47)31(19-29)41(61)51-27-7-3-5-25(17-27)13-15-45)43(63)53-37-21-36(50)38(22-35(37)49)54-44(64)40(24(2)60)58-56-30-10-12-34(48)32(20-30)42(62)52-28-8-4-6-26(18-28)14-16-46/h3-12,17-22,39-40H,13-16H2,1-2H3,(H,51,61)(H,52,62)(H,53,63)(H,54,64). The Balaban J connectivity index is 1.25. The number of carbonyl (C=O) groups is 6. The largest absolute Gasteiger partial charge is 0.322 e. The van der Waals surface area contributed by atoms with E-state index in [2.05, 4.69) is 41.7 Å². The van der Waals surface area contributed by atoms with Crippen molar-refractivity contribution in [3.63, 3.8) is 0 Å². The quantitative estimate of drug-likeness (QED) is 0.0382. The molecule has 0 spiro atoms. The molecule has 4 N–H and O–H groups in total. The van der Waals surface area contributed by atoms with Gasteiger partial charge >= 0.3 is 0 Å². The lowest BCUT2D eigenvalue weighted by molar-refractivity contribution is -0.127. The van der Waals surface area contributed by atoms with Gasteiger partial charge in [-0.1, -0.05) is 70.7 Å². The first-order chi connectivity index (χ1) is 30.6. The van der Waals surface area contributed by atoms with Crippen molar-refractivity contribution >= 4 is 139 Å². The first-order valence-electron chi connectivity index (χ1n) is 19.0. The minimum Gasteiger partial charge on any atom is -0.322 e. The van der Waals surface area contributed by atoms with Crippen LogP contribution in [0.1, 0.15) is 45.7 Å². The van der Waals surface area contributed by atoms with E-state index < -0.39 is 47.3 Å². The topological polar surface area (TPSA) is 200 Å². The van der Waals surface area contributed by atoms with Crippen LogP contribution in [0, 0.1) is 0 Å². The number of halogens is 6. The van der Waals surface area contributed by atoms with E-state index in [0.29, 0.717) is 36.0 Å². The van der Waals surface area contributed by atoms with Crippen LogP contribution in [0.25, 0.3) is 0 Å². The number of rotatable bonds is 18. The Labute approximate surface area is 397 Å². The molecule has 2 atom stereocenters. The Morgan fingerprint density at radius 3 is 1.25 bits per heavy atom. The lowest BCUT2D eigenvalue weighted by Gasteiger charge is -2.15. The van der Waals surface area contributed by atoms with Gasteiger partial charge in [0.1, 0.15) is 0 Å². The predicted molar refractivity (Wildman–Crippen MR) is 252 cm³/mol. The lowest BCUT2D eigenvalue weighted by atomic mass is 10.1. The summed E-state index contributed by atoms with van der Waals surface area (Å²) in [5, 5.41) is 26.4. The van der Waals surface area contributed by atoms with Gasteiger partial charge in [-0.3, -0.25) is 28.8 Å². The molecule has 5 rings (SSSR count). The van der Waals surface area contributed by atoms with E-state index in [9.17, 15) is 28.8 Å². The van der Waals surface area contributed by atoms with E-state index in [1.54, 1.807) is 36.4 Å². The summed E-state index contributed by atoms with van der Waals surface area (Å²) in [6.45, 7) is 2.26. The molecule has 4 amide bonds. The predicted octanol–water partition coefficient (Wildman–Crippen LogP) is 11.7. The molecule has 0 saturated heterocycles. The fraction of sp³-hybridized carbons (Fsp3) is 0.182. The molecular formula is C44H36Cl6N8O6. The molecule has 5 aromatic rings. The minimum absolute atomic E-state index is 0.0509. The van der Waals surface area contributed by atoms with Crippen LogP contribution in [0.2, 0.25) is 20.1 Å². The molecule has 20 heteroatoms. The van der Waals surface area contributed by atoms with Gasteiger partial charge in [0.2, 0.25) is 12.1 Å². The number of hydrogen-bond donors (Lipinski definition) is 4. The van der Waals surface area contributed by atoms with Gasteiger partial charge in [-0.25, -0.2) is 0 Å². The van der Waals surface area contributed by atoms with Crippen LogP contribution in [0.3, 0.4) is 0 Å². The van der Waals surface area contributed by atoms with Crippen LogP contribution in [0.15, 0.2) is 118 Å². The molecule has 5 aromatic carbocycles. The van der Waals surface area contributed by atoms with Crippen LogP contribution < -0.4 is 21.3 Å². The molecule has 0 aliphatic carbocycles. The molecule has 64 heavy (non-hydrogen) atoms. The number of azo groups is 2. The fourth-order valence-corrected chi connectivity index (χ4v) is 7.01. The summed E-state index contributed by atoms with van der Waals surface area (Å²) >= 11 is 37.2. The smallest absolute Gasteiger partial charge is 0.258 e. The van der Waals surface area contributed by atoms with Gasteiger partial charge in [0, 0.05) is 23.1 Å². The first kappa shape index (κ1) is 49.3. The number of alkyl halides is 2. The molecule has 0 radical (unpaired) electrons. The third-order valence-corrected chi connectivity index (χ3v) is 10.6. The molecule has 0 heterocycles. The van der Waals surface area contributed by atoms with Crippen molar-refractivity contribution in [1.29, 1.82) is 0 Å². The summed E-state index contributed by atoms with van der Waals surface area (Å²) < 4.78 is 0. The highest BCUT2D eigenvalue weighted by atomic mass is 35.5. The lowest BCUT2D eigenvalue weighted by Crippen LogP contribution is -2.32. The zero-order chi connectivity index (χ0) is 46.5. The van der Waals surface area contributed by atoms with Gasteiger partial charge in [-0.15, -0.1) is 23.2 Å². The number of benzene rings is 5. The van der Waals surface area contributed by atoms with Crippen molar-refractivity contribution in [2.24, 2.45) is 20.5 Å². The number of anilines is 4. The molecule has 0 bridgehead atoms. The van der Waals surface area contributed by atoms with Gasteiger partial charge in [0.25, 0.3) is 23.6 Å². The van der Waals surface area contributed by atoms with E-state index in [-0.39, 0.29) is 54.0 Å². The highest BCUT2D eigenvalue weighted by Gasteiger charge is 2.27. The normalized spacial score (nSPS) is 12.1. The molecule has 0 aromatic heterocycles. The van der Waals surface area contributed by atoms with Gasteiger partial charge in [-0.2, -0.15) is 20.5 Å². The Hall–Kier alpha value is -5.74. The average molecular weight is 986 g/mol. The van der Waals surface area contributed by atoms with Crippen molar-refractivity contribution in [2.45, 2.75) is 38.8 Å². The summed E-state index contributed by atoms with van der Waals surface area (Å²) in [6.07, 6.45) is 1.22. The summed E-state index contributed by atoms with van der Waals surface area (Å²) in [5.74, 6) is -3.45. The number of nitrogens with zero attached hydrogens (tertiary/aromatic N) is 4. The third kappa shape index (κ3) is 13.6. The van der Waals surface area contributed by atoms with E-state index in [1.165, 1.54) is 48.5 Å². The van der Waals surface area contributed by atoms with Gasteiger partial charge < -0.3 is 21.3 Å². The average Bonchev–Trinajstić information content (AvgIpc) is 3.24. The molecule has 0 fully saturated rings. The highest BCUT2D eigenvalue weighted by molar-refractivity contribution is 6.38. The zero-order valence-corrected chi connectivity index (χ0v) is 38.3. The molecule has 14 nitrogen and oxygen atoms in total. The second-order valence-electron chi connectivity index (χ2n) is 13.8. The van der Waals surface area contributed by atoms with E-state index in [4.69, 9.17) is 69.6 Å². The second-order valence-corrected chi connectivity index (χ2v) is 16.1. The van der Waals surface area contributed by atoms with Gasteiger partial charge in [-0.05, 0) is 111 Å². The first-order valence-corrected chi connectivity index (χ1v) is 21.6. The Morgan fingerprint density at radius 2 is 0.891 bits per heavy atom. The monoisotopic (exact) mass is 982 g/mol. The summed E-state index contributed by atoms with van der Waals surface area (Å²) in [7, 11) is 0. The number of nitrogens with one attached hydrogen (secondary N) is 4. The molecular weight excluding hydrogens is 949 g/mol. The van der Waals surface area contributed by atoms with Crippen molar-refractivity contribution in [3.05, 3.63) is 139 Å². The third-order valence-electron chi connectivity index (χ3n) is 8.94. The number of amides is 4. The molecule has 330 valence electrons. The van der Waals surface area contributed by atoms with Crippen molar-refractivity contribution in [2.75, 3.05) is 33.0 Å². The Bertz CT molecular complexity index is 2500. The van der Waals surface area contributed by atoms with Crippen molar-refractivity contribution < 1.29 is 28.8 Å². The van der Waals surface area contributed by atoms with Gasteiger partial charge in [0.15, 0.2) is 11.6 Å². The maximum absolute atomic E-state index is 13.3. The van der Waals surface area contributed by atoms with Crippen molar-refractivity contribution in [3.8, 4) is 0 Å². The molecule has 0 aliphatic heterocycles. The number of hydrogen-bond acceptors (Lipinski definition) is 10. The maximum atomic E-state index is 13.3. The number of aryl methyl sites for hydroxylation is 2. The van der Waals surface area contributed by atoms with Crippen molar-refractivity contribution in [1.82, 2.24) is 0 Å².